The fourth-order valence-corrected chi connectivity index (χ4v) is 3.91. The Morgan fingerprint density at radius 3 is 2.62 bits per heavy atom. The number of rotatable bonds is 3. The van der Waals surface area contributed by atoms with Crippen LogP contribution >= 0.6 is 0 Å². The zero-order valence-electron chi connectivity index (χ0n) is 16.4. The molecule has 0 aliphatic carbocycles. The first-order valence-electron chi connectivity index (χ1n) is 9.74. The van der Waals surface area contributed by atoms with Gasteiger partial charge in [-0.2, -0.15) is 0 Å². The second kappa shape index (κ2) is 8.09. The lowest BCUT2D eigenvalue weighted by molar-refractivity contribution is -0.121. The highest BCUT2D eigenvalue weighted by Crippen LogP contribution is 2.41. The van der Waals surface area contributed by atoms with Crippen molar-refractivity contribution in [1.82, 2.24) is 4.90 Å². The number of esters is 1. The van der Waals surface area contributed by atoms with Gasteiger partial charge in [-0.25, -0.2) is 4.79 Å². The fourth-order valence-electron chi connectivity index (χ4n) is 3.91. The minimum absolute atomic E-state index is 0.337. The molecule has 2 heterocycles. The summed E-state index contributed by atoms with van der Waals surface area (Å²) in [4.78, 5) is 25.5. The summed E-state index contributed by atoms with van der Waals surface area (Å²) in [5.41, 5.74) is 11.3. The van der Waals surface area contributed by atoms with Crippen molar-refractivity contribution in [2.24, 2.45) is 5.73 Å². The zero-order valence-corrected chi connectivity index (χ0v) is 16.4. The molecule has 4 rings (SSSR count). The molecule has 29 heavy (non-hydrogen) atoms. The number of hydrogen-bond donors (Lipinski definition) is 1. The summed E-state index contributed by atoms with van der Waals surface area (Å²) >= 11 is 0. The molecule has 2 aromatic carbocycles. The minimum atomic E-state index is -0.686. The van der Waals surface area contributed by atoms with Crippen LogP contribution in [0.3, 0.4) is 0 Å². The van der Waals surface area contributed by atoms with Crippen LogP contribution < -0.4 is 10.5 Å². The maximum absolute atomic E-state index is 12.3. The van der Waals surface area contributed by atoms with E-state index in [0.717, 1.165) is 37.1 Å². The van der Waals surface area contributed by atoms with Crippen LogP contribution in [0, 0.1) is 0 Å². The van der Waals surface area contributed by atoms with Crippen molar-refractivity contribution in [3.63, 3.8) is 0 Å². The van der Waals surface area contributed by atoms with Gasteiger partial charge in [0.2, 0.25) is 0 Å². The Hall–Kier alpha value is -3.12. The lowest BCUT2D eigenvalue weighted by Gasteiger charge is -2.27. The summed E-state index contributed by atoms with van der Waals surface area (Å²) in [6.45, 7) is 2.04. The molecule has 150 valence electrons. The molecule has 6 heteroatoms. The van der Waals surface area contributed by atoms with E-state index in [1.165, 1.54) is 16.7 Å². The molecule has 2 N–H and O–H groups in total. The number of amides is 1. The number of carbonyl (C=O) groups excluding carboxylic acids is 2. The highest BCUT2D eigenvalue weighted by Gasteiger charge is 2.25. The van der Waals surface area contributed by atoms with Gasteiger partial charge in [0.25, 0.3) is 5.91 Å². The van der Waals surface area contributed by atoms with Gasteiger partial charge in [-0.05, 0) is 54.8 Å². The maximum atomic E-state index is 12.3. The Morgan fingerprint density at radius 2 is 1.86 bits per heavy atom. The topological polar surface area (TPSA) is 81.9 Å². The number of hydrogen-bond acceptors (Lipinski definition) is 5. The molecule has 0 atom stereocenters. The Kier molecular flexibility index (Phi) is 5.36. The molecule has 0 bridgehead atoms. The van der Waals surface area contributed by atoms with Crippen molar-refractivity contribution in [2.45, 2.75) is 19.4 Å². The van der Waals surface area contributed by atoms with Gasteiger partial charge in [-0.3, -0.25) is 4.79 Å². The SMILES string of the molecule is CN1CCC(=C2c3ccccc3COc3cc(C(=O)OCC(N)=O)ccc32)CC1. The Morgan fingerprint density at radius 1 is 1.10 bits per heavy atom. The standard InChI is InChI=1S/C23H24N2O4/c1-25-10-8-15(9-11-25)22-18-5-3-2-4-17(18)13-28-20-12-16(6-7-19(20)22)23(27)29-14-21(24)26/h2-7,12H,8-11,13-14H2,1H3,(H2,24,26). The highest BCUT2D eigenvalue weighted by molar-refractivity contribution is 5.94. The van der Waals surface area contributed by atoms with Crippen molar-refractivity contribution in [3.05, 3.63) is 70.3 Å². The lowest BCUT2D eigenvalue weighted by Crippen LogP contribution is -2.27. The summed E-state index contributed by atoms with van der Waals surface area (Å²) in [5, 5.41) is 0. The highest BCUT2D eigenvalue weighted by atomic mass is 16.5. The number of benzene rings is 2. The molecule has 2 aliphatic heterocycles. The van der Waals surface area contributed by atoms with E-state index in [-0.39, 0.29) is 0 Å². The maximum Gasteiger partial charge on any atom is 0.338 e. The Balaban J connectivity index is 1.77. The third kappa shape index (κ3) is 4.03. The third-order valence-electron chi connectivity index (χ3n) is 5.45. The monoisotopic (exact) mass is 392 g/mol. The normalized spacial score (nSPS) is 16.3. The predicted octanol–water partition coefficient (Wildman–Crippen LogP) is 2.75. The number of piperidine rings is 1. The van der Waals surface area contributed by atoms with Crippen LogP contribution in [0.25, 0.3) is 5.57 Å². The second-order valence-corrected chi connectivity index (χ2v) is 7.48. The minimum Gasteiger partial charge on any atom is -0.488 e. The van der Waals surface area contributed by atoms with Crippen LogP contribution in [0.1, 0.15) is 39.9 Å². The van der Waals surface area contributed by atoms with Crippen molar-refractivity contribution < 1.29 is 19.1 Å². The molecule has 0 saturated carbocycles. The summed E-state index contributed by atoms with van der Waals surface area (Å²) in [6.07, 6.45) is 2.00. The van der Waals surface area contributed by atoms with E-state index in [1.807, 2.05) is 12.1 Å². The van der Waals surface area contributed by atoms with Crippen LogP contribution in [-0.4, -0.2) is 43.5 Å². The number of primary amides is 1. The van der Waals surface area contributed by atoms with Gasteiger partial charge in [0.15, 0.2) is 6.61 Å². The van der Waals surface area contributed by atoms with Crippen molar-refractivity contribution in [3.8, 4) is 5.75 Å². The van der Waals surface area contributed by atoms with Gasteiger partial charge in [-0.15, -0.1) is 0 Å². The first-order chi connectivity index (χ1) is 14.0. The van der Waals surface area contributed by atoms with E-state index in [0.29, 0.717) is 17.9 Å². The van der Waals surface area contributed by atoms with Gasteiger partial charge >= 0.3 is 5.97 Å². The van der Waals surface area contributed by atoms with Crippen LogP contribution in [0.15, 0.2) is 48.0 Å². The van der Waals surface area contributed by atoms with Gasteiger partial charge in [0, 0.05) is 18.7 Å². The fraction of sp³-hybridized carbons (Fsp3) is 0.304. The number of nitrogens with zero attached hydrogens (tertiary/aromatic N) is 1. The number of likely N-dealkylation sites (tertiary alicyclic amines) is 1. The van der Waals surface area contributed by atoms with Gasteiger partial charge in [-0.1, -0.05) is 29.8 Å². The number of fused-ring (bicyclic) bond motifs is 2. The largest absolute Gasteiger partial charge is 0.488 e. The molecule has 0 aromatic heterocycles. The molecule has 0 unspecified atom stereocenters. The first-order valence-corrected chi connectivity index (χ1v) is 9.74. The van der Waals surface area contributed by atoms with Gasteiger partial charge in [0.05, 0.1) is 5.56 Å². The smallest absolute Gasteiger partial charge is 0.338 e. The van der Waals surface area contributed by atoms with Crippen LogP contribution in [0.5, 0.6) is 5.75 Å². The average molecular weight is 392 g/mol. The molecule has 1 fully saturated rings. The van der Waals surface area contributed by atoms with E-state index in [1.54, 1.807) is 12.1 Å². The van der Waals surface area contributed by atoms with Crippen LogP contribution in [0.4, 0.5) is 0 Å². The van der Waals surface area contributed by atoms with E-state index < -0.39 is 18.5 Å². The van der Waals surface area contributed by atoms with Crippen molar-refractivity contribution in [2.75, 3.05) is 26.7 Å². The van der Waals surface area contributed by atoms with E-state index in [4.69, 9.17) is 15.2 Å². The summed E-state index contributed by atoms with van der Waals surface area (Å²) < 4.78 is 11.0. The molecule has 1 saturated heterocycles. The van der Waals surface area contributed by atoms with E-state index >= 15 is 0 Å². The molecule has 0 radical (unpaired) electrons. The van der Waals surface area contributed by atoms with E-state index in [9.17, 15) is 9.59 Å². The van der Waals surface area contributed by atoms with Crippen molar-refractivity contribution in [1.29, 1.82) is 0 Å². The summed E-state index contributed by atoms with van der Waals surface area (Å²) in [6, 6.07) is 13.6. The molecule has 2 aromatic rings. The number of nitrogens with two attached hydrogens (primary N) is 1. The van der Waals surface area contributed by atoms with Crippen LogP contribution in [-0.2, 0) is 16.1 Å². The first kappa shape index (κ1) is 19.2. The predicted molar refractivity (Wildman–Crippen MR) is 109 cm³/mol. The number of ether oxygens (including phenoxy) is 2. The molecule has 6 nitrogen and oxygen atoms in total. The van der Waals surface area contributed by atoms with Crippen molar-refractivity contribution >= 4 is 17.4 Å². The lowest BCUT2D eigenvalue weighted by atomic mass is 9.86. The zero-order chi connectivity index (χ0) is 20.4. The van der Waals surface area contributed by atoms with Gasteiger partial charge in [0.1, 0.15) is 12.4 Å². The molecule has 0 spiro atoms. The summed E-state index contributed by atoms with van der Waals surface area (Å²) in [7, 11) is 2.14. The molecular formula is C23H24N2O4. The Bertz CT molecular complexity index is 986. The Labute approximate surface area is 169 Å². The quantitative estimate of drug-likeness (QED) is 0.813. The van der Waals surface area contributed by atoms with Crippen LogP contribution in [0.2, 0.25) is 0 Å². The number of carbonyl (C=O) groups is 2. The second-order valence-electron chi connectivity index (χ2n) is 7.48. The average Bonchev–Trinajstić information content (AvgIpc) is 2.89. The van der Waals surface area contributed by atoms with Gasteiger partial charge < -0.3 is 20.1 Å². The third-order valence-corrected chi connectivity index (χ3v) is 5.45. The molecular weight excluding hydrogens is 368 g/mol. The molecule has 2 aliphatic rings. The summed E-state index contributed by atoms with van der Waals surface area (Å²) in [5.74, 6) is -0.629. The van der Waals surface area contributed by atoms with E-state index in [2.05, 4.69) is 30.1 Å². The molecule has 1 amide bonds.